The van der Waals surface area contributed by atoms with E-state index in [1.54, 1.807) is 0 Å². The molecule has 0 radical (unpaired) electrons. The zero-order valence-corrected chi connectivity index (χ0v) is 10.7. The van der Waals surface area contributed by atoms with E-state index in [4.69, 9.17) is 0 Å². The molecule has 0 N–H and O–H groups in total. The van der Waals surface area contributed by atoms with Crippen LogP contribution >= 0.6 is 0 Å². The fourth-order valence-corrected chi connectivity index (χ4v) is 2.88. The van der Waals surface area contributed by atoms with Gasteiger partial charge < -0.3 is 0 Å². The van der Waals surface area contributed by atoms with Gasteiger partial charge in [-0.05, 0) is 16.4 Å². The van der Waals surface area contributed by atoms with E-state index in [9.17, 15) is 0 Å². The molecule has 1 atom stereocenters. The molecule has 0 aromatic carbocycles. The minimum Gasteiger partial charge on any atom is -0.0746 e. The first-order valence-electron chi connectivity index (χ1n) is 4.73. The minimum absolute atomic E-state index is 0.154. The van der Waals surface area contributed by atoms with Gasteiger partial charge >= 0.3 is 0 Å². The molecule has 0 rings (SSSR count). The van der Waals surface area contributed by atoms with Gasteiger partial charge in [-0.3, -0.25) is 0 Å². The lowest BCUT2D eigenvalue weighted by atomic mass is 9.67. The van der Waals surface area contributed by atoms with Gasteiger partial charge in [0.25, 0.3) is 0 Å². The molecule has 0 amide bonds. The van der Waals surface area contributed by atoms with Crippen molar-refractivity contribution in [3.8, 4) is 0 Å². The topological polar surface area (TPSA) is 0 Å². The summed E-state index contributed by atoms with van der Waals surface area (Å²) in [5.41, 5.74) is 1.91. The largest absolute Gasteiger partial charge is 0.0746 e. The third-order valence-corrected chi connectivity index (χ3v) is 6.02. The molecule has 0 aliphatic carbocycles. The molecule has 0 aromatic heterocycles. The van der Waals surface area contributed by atoms with Crippen LogP contribution < -0.4 is 0 Å². The number of rotatable bonds is 2. The summed E-state index contributed by atoms with van der Waals surface area (Å²) >= 11 is 0. The second-order valence-electron chi connectivity index (χ2n) is 5.28. The zero-order chi connectivity index (χ0) is 9.28. The van der Waals surface area contributed by atoms with Gasteiger partial charge in [0.1, 0.15) is 0 Å². The normalized spacial score (nSPS) is 17.7. The van der Waals surface area contributed by atoms with Crippen LogP contribution in [0, 0.1) is 10.8 Å². The Bertz CT molecular complexity index is 119. The van der Waals surface area contributed by atoms with Crippen LogP contribution in [0.15, 0.2) is 0 Å². The summed E-state index contributed by atoms with van der Waals surface area (Å²) in [5, 5.41) is 0. The van der Waals surface area contributed by atoms with Crippen LogP contribution in [0.5, 0.6) is 0 Å². The van der Waals surface area contributed by atoms with Crippen LogP contribution in [0.25, 0.3) is 0 Å². The van der Waals surface area contributed by atoms with Gasteiger partial charge in [0.2, 0.25) is 0 Å². The summed E-state index contributed by atoms with van der Waals surface area (Å²) in [6, 6.07) is 0. The van der Waals surface area contributed by atoms with Crippen molar-refractivity contribution in [2.75, 3.05) is 0 Å². The fourth-order valence-electron chi connectivity index (χ4n) is 1.25. The Labute approximate surface area is 74.6 Å². The van der Waals surface area contributed by atoms with Gasteiger partial charge in [-0.1, -0.05) is 48.1 Å². The minimum atomic E-state index is 0.154. The van der Waals surface area contributed by atoms with Crippen LogP contribution in [-0.2, 0) is 0 Å². The van der Waals surface area contributed by atoms with E-state index >= 15 is 0 Å². The van der Waals surface area contributed by atoms with Crippen molar-refractivity contribution >= 4 is 9.52 Å². The highest BCUT2D eigenvalue weighted by Crippen LogP contribution is 2.46. The quantitative estimate of drug-likeness (QED) is 0.562. The van der Waals surface area contributed by atoms with Gasteiger partial charge in [-0.2, -0.15) is 0 Å². The predicted molar refractivity (Wildman–Crippen MR) is 57.1 cm³/mol. The molecule has 0 bridgehead atoms. The monoisotopic (exact) mass is 172 g/mol. The van der Waals surface area contributed by atoms with Gasteiger partial charge in [-0.25, -0.2) is 0 Å². The zero-order valence-electron chi connectivity index (χ0n) is 9.28. The second kappa shape index (κ2) is 3.30. The van der Waals surface area contributed by atoms with E-state index in [1.807, 2.05) is 0 Å². The van der Waals surface area contributed by atoms with Crippen molar-refractivity contribution in [1.29, 1.82) is 0 Å². The third kappa shape index (κ3) is 2.33. The van der Waals surface area contributed by atoms with Crippen LogP contribution in [0.2, 0.25) is 12.1 Å². The Morgan fingerprint density at radius 3 is 1.45 bits per heavy atom. The average molecular weight is 172 g/mol. The van der Waals surface area contributed by atoms with E-state index in [1.165, 1.54) is 0 Å². The highest BCUT2D eigenvalue weighted by molar-refractivity contribution is 6.35. The van der Waals surface area contributed by atoms with Crippen LogP contribution in [0.3, 0.4) is 0 Å². The smallest absolute Gasteiger partial charge is 0.0204 e. The Kier molecular flexibility index (Phi) is 3.37. The van der Waals surface area contributed by atoms with Gasteiger partial charge in [-0.15, -0.1) is 0 Å². The second-order valence-corrected chi connectivity index (χ2v) is 7.32. The molecular formula is C10H24Si. The Balaban J connectivity index is 4.45. The highest BCUT2D eigenvalue weighted by Gasteiger charge is 2.36. The first-order chi connectivity index (χ1) is 4.73. The molecule has 0 aliphatic heterocycles. The number of hydrogen-bond donors (Lipinski definition) is 0. The van der Waals surface area contributed by atoms with E-state index in [0.717, 1.165) is 5.54 Å². The van der Waals surface area contributed by atoms with E-state index in [2.05, 4.69) is 48.1 Å². The maximum absolute atomic E-state index is 2.41. The summed E-state index contributed by atoms with van der Waals surface area (Å²) in [5.74, 6) is 0. The van der Waals surface area contributed by atoms with E-state index in [0.29, 0.717) is 10.8 Å². The first-order valence-corrected chi connectivity index (χ1v) is 6.96. The molecule has 68 valence electrons. The summed E-state index contributed by atoms with van der Waals surface area (Å²) in [7, 11) is 0.154. The van der Waals surface area contributed by atoms with Crippen molar-refractivity contribution < 1.29 is 0 Å². The molecule has 0 saturated heterocycles. The molecule has 0 aliphatic rings. The summed E-state index contributed by atoms with van der Waals surface area (Å²) in [4.78, 5) is 0. The van der Waals surface area contributed by atoms with Gasteiger partial charge in [0, 0.05) is 9.52 Å². The molecule has 0 fully saturated rings. The lowest BCUT2D eigenvalue weighted by Crippen LogP contribution is -2.34. The van der Waals surface area contributed by atoms with Gasteiger partial charge in [0.05, 0.1) is 0 Å². The lowest BCUT2D eigenvalue weighted by Gasteiger charge is -2.43. The highest BCUT2D eigenvalue weighted by atomic mass is 28.2. The van der Waals surface area contributed by atoms with Crippen LogP contribution in [-0.4, -0.2) is 9.52 Å². The van der Waals surface area contributed by atoms with E-state index in [-0.39, 0.29) is 9.52 Å². The van der Waals surface area contributed by atoms with Crippen molar-refractivity contribution in [2.24, 2.45) is 10.8 Å². The maximum Gasteiger partial charge on any atom is 0.0204 e. The van der Waals surface area contributed by atoms with E-state index < -0.39 is 0 Å². The Morgan fingerprint density at radius 1 is 1.00 bits per heavy atom. The Hall–Kier alpha value is 0.217. The maximum atomic E-state index is 2.41. The standard InChI is InChI=1S/C10H24Si/c1-8(11-7)10(5,6)9(2,3)4/h8H,11H2,1-7H3. The summed E-state index contributed by atoms with van der Waals surface area (Å²) in [6.07, 6.45) is 0. The van der Waals surface area contributed by atoms with Crippen LogP contribution in [0.1, 0.15) is 41.5 Å². The molecule has 0 saturated carbocycles. The van der Waals surface area contributed by atoms with Gasteiger partial charge in [0.15, 0.2) is 0 Å². The third-order valence-electron chi connectivity index (χ3n) is 3.78. The molecular weight excluding hydrogens is 148 g/mol. The predicted octanol–water partition coefficient (Wildman–Crippen LogP) is 3.08. The van der Waals surface area contributed by atoms with Crippen LogP contribution in [0.4, 0.5) is 0 Å². The lowest BCUT2D eigenvalue weighted by molar-refractivity contribution is 0.126. The molecule has 0 aromatic rings. The summed E-state index contributed by atoms with van der Waals surface area (Å²) < 4.78 is 0. The molecule has 0 heterocycles. The molecule has 0 nitrogen and oxygen atoms in total. The Morgan fingerprint density at radius 2 is 1.36 bits per heavy atom. The molecule has 0 spiro atoms. The summed E-state index contributed by atoms with van der Waals surface area (Å²) in [6.45, 7) is 16.7. The fraction of sp³-hybridized carbons (Fsp3) is 1.00. The van der Waals surface area contributed by atoms with Crippen molar-refractivity contribution in [3.63, 3.8) is 0 Å². The number of hydrogen-bond acceptors (Lipinski definition) is 0. The van der Waals surface area contributed by atoms with Crippen molar-refractivity contribution in [1.82, 2.24) is 0 Å². The average Bonchev–Trinajstić information content (AvgIpc) is 1.83. The first kappa shape index (κ1) is 11.2. The van der Waals surface area contributed by atoms with Crippen molar-refractivity contribution in [2.45, 2.75) is 53.6 Å². The molecule has 1 heteroatoms. The SMILES string of the molecule is C[SiH2]C(C)C(C)(C)C(C)(C)C. The van der Waals surface area contributed by atoms with Crippen molar-refractivity contribution in [3.05, 3.63) is 0 Å². The molecule has 11 heavy (non-hydrogen) atoms. The molecule has 1 unspecified atom stereocenters.